The first kappa shape index (κ1) is 38.5. The number of ether oxygens (including phenoxy) is 1. The SMILES string of the molecule is C[C@]12CCCN1N(Cc1ccc(SCCN3CCOCC3)c(F)c1F)C(=O)C(C(=O)Nc1ccc(C(F)(F)F)cc1-c1ccc(C(F)(F)F)nc1)=C2O. The summed E-state index contributed by atoms with van der Waals surface area (Å²) in [6, 6.07) is 6.27. The van der Waals surface area contributed by atoms with Crippen molar-refractivity contribution in [3.63, 3.8) is 0 Å². The van der Waals surface area contributed by atoms with E-state index in [1.165, 1.54) is 17.1 Å². The molecule has 1 atom stereocenters. The minimum atomic E-state index is -4.87. The standard InChI is InChI=1S/C35H33F8N5O4S/c1-33-9-2-10-48(33)47(19-21-3-7-25(29(37)28(21)36)53-16-13-46-11-14-52-15-12-46)32(51)27(30(33)49)31(50)45-24-6-5-22(34(38,39)40)17-23(24)20-4-8-26(44-18-20)35(41,42)43/h3-8,17-18,49H,2,9-16,19H2,1H3,(H,45,50)/t33-/m1/s1. The molecule has 6 rings (SSSR count). The van der Waals surface area contributed by atoms with Crippen molar-refractivity contribution in [2.24, 2.45) is 0 Å². The van der Waals surface area contributed by atoms with E-state index in [1.807, 2.05) is 0 Å². The Balaban J connectivity index is 1.27. The van der Waals surface area contributed by atoms with E-state index in [9.17, 15) is 41.0 Å². The Kier molecular flexibility index (Phi) is 10.8. The molecule has 0 unspecified atom stereocenters. The third kappa shape index (κ3) is 7.86. The number of aliphatic hydroxyl groups excluding tert-OH is 1. The summed E-state index contributed by atoms with van der Waals surface area (Å²) in [4.78, 5) is 33.3. The molecule has 2 amide bonds. The number of hydrazine groups is 1. The van der Waals surface area contributed by atoms with Crippen molar-refractivity contribution in [2.45, 2.75) is 49.1 Å². The zero-order chi connectivity index (χ0) is 38.3. The number of fused-ring (bicyclic) bond motifs is 1. The van der Waals surface area contributed by atoms with Crippen molar-refractivity contribution < 1.29 is 54.6 Å². The number of morpholine rings is 1. The van der Waals surface area contributed by atoms with Crippen LogP contribution >= 0.6 is 11.8 Å². The molecule has 2 N–H and O–H groups in total. The topological polar surface area (TPSA) is 98.2 Å². The van der Waals surface area contributed by atoms with Gasteiger partial charge in [-0.25, -0.2) is 13.8 Å². The molecule has 0 bridgehead atoms. The molecule has 3 aromatic rings. The first-order valence-electron chi connectivity index (χ1n) is 16.5. The number of rotatable bonds is 9. The average Bonchev–Trinajstić information content (AvgIpc) is 3.52. The van der Waals surface area contributed by atoms with Crippen molar-refractivity contribution in [3.05, 3.63) is 88.4 Å². The number of nitrogens with zero attached hydrogens (tertiary/aromatic N) is 4. The van der Waals surface area contributed by atoms with Gasteiger partial charge in [-0.3, -0.25) is 24.5 Å². The van der Waals surface area contributed by atoms with Crippen LogP contribution in [0.2, 0.25) is 0 Å². The predicted octanol–water partition coefficient (Wildman–Crippen LogP) is 7.05. The molecule has 18 heteroatoms. The van der Waals surface area contributed by atoms with E-state index in [0.29, 0.717) is 56.3 Å². The maximum absolute atomic E-state index is 15.5. The second-order valence-electron chi connectivity index (χ2n) is 12.9. The lowest BCUT2D eigenvalue weighted by atomic mass is 9.90. The van der Waals surface area contributed by atoms with Crippen LogP contribution in [0.5, 0.6) is 0 Å². The number of nitrogens with one attached hydrogen (secondary N) is 1. The number of pyridine rings is 1. The third-order valence-electron chi connectivity index (χ3n) is 9.49. The molecule has 53 heavy (non-hydrogen) atoms. The second kappa shape index (κ2) is 14.9. The molecule has 0 spiro atoms. The number of hydrogen-bond donors (Lipinski definition) is 2. The number of aliphatic hydroxyl groups is 1. The van der Waals surface area contributed by atoms with Gasteiger partial charge in [0.15, 0.2) is 11.6 Å². The molecule has 2 fully saturated rings. The molecule has 284 valence electrons. The molecule has 0 saturated carbocycles. The summed E-state index contributed by atoms with van der Waals surface area (Å²) in [5.41, 5.74) is -5.75. The highest BCUT2D eigenvalue weighted by atomic mass is 32.2. The van der Waals surface area contributed by atoms with Crippen molar-refractivity contribution in [2.75, 3.05) is 50.5 Å². The number of benzene rings is 2. The van der Waals surface area contributed by atoms with Gasteiger partial charge in [-0.15, -0.1) is 11.8 Å². The highest BCUT2D eigenvalue weighted by Gasteiger charge is 2.53. The van der Waals surface area contributed by atoms with Gasteiger partial charge in [0, 0.05) is 65.4 Å². The van der Waals surface area contributed by atoms with E-state index in [-0.39, 0.29) is 40.2 Å². The lowest BCUT2D eigenvalue weighted by molar-refractivity contribution is -0.160. The number of carbonyl (C=O) groups excluding carboxylic acids is 2. The third-order valence-corrected chi connectivity index (χ3v) is 10.5. The second-order valence-corrected chi connectivity index (χ2v) is 14.0. The van der Waals surface area contributed by atoms with Crippen LogP contribution in [0.4, 0.5) is 40.8 Å². The average molecular weight is 772 g/mol. The van der Waals surface area contributed by atoms with Crippen LogP contribution in [0.25, 0.3) is 11.1 Å². The normalized spacial score (nSPS) is 20.2. The van der Waals surface area contributed by atoms with Gasteiger partial charge in [0.1, 0.15) is 17.0 Å². The Morgan fingerprint density at radius 2 is 1.74 bits per heavy atom. The zero-order valence-corrected chi connectivity index (χ0v) is 28.9. The number of anilines is 1. The first-order chi connectivity index (χ1) is 25.0. The summed E-state index contributed by atoms with van der Waals surface area (Å²) in [6.45, 7) is 4.55. The van der Waals surface area contributed by atoms with E-state index < -0.39 is 70.5 Å². The van der Waals surface area contributed by atoms with Crippen LogP contribution < -0.4 is 5.32 Å². The van der Waals surface area contributed by atoms with E-state index in [1.54, 1.807) is 6.92 Å². The van der Waals surface area contributed by atoms with Crippen LogP contribution in [0.15, 0.2) is 64.9 Å². The number of alkyl halides is 6. The minimum absolute atomic E-state index is 0.0729. The highest BCUT2D eigenvalue weighted by Crippen LogP contribution is 2.43. The fraction of sp³-hybridized carbons (Fsp3) is 0.400. The summed E-state index contributed by atoms with van der Waals surface area (Å²) in [5.74, 6) is -4.79. The molecule has 0 aliphatic carbocycles. The number of aromatic nitrogens is 1. The van der Waals surface area contributed by atoms with E-state index in [0.717, 1.165) is 42.0 Å². The summed E-state index contributed by atoms with van der Waals surface area (Å²) in [6.07, 6.45) is -8.32. The summed E-state index contributed by atoms with van der Waals surface area (Å²) >= 11 is 1.14. The number of halogens is 8. The molecule has 1 aromatic heterocycles. The smallest absolute Gasteiger partial charge is 0.433 e. The molecule has 4 heterocycles. The lowest BCUT2D eigenvalue weighted by Gasteiger charge is -2.46. The van der Waals surface area contributed by atoms with Gasteiger partial charge in [-0.05, 0) is 50.1 Å². The number of hydrogen-bond acceptors (Lipinski definition) is 8. The van der Waals surface area contributed by atoms with Crippen LogP contribution in [-0.4, -0.2) is 87.5 Å². The Hall–Kier alpha value is -4.26. The van der Waals surface area contributed by atoms with Crippen molar-refractivity contribution in [1.82, 2.24) is 19.9 Å². The Labute approximate surface area is 302 Å². The van der Waals surface area contributed by atoms with Crippen LogP contribution in [0.1, 0.15) is 36.6 Å². The number of thioether (sulfide) groups is 1. The van der Waals surface area contributed by atoms with Crippen LogP contribution in [0, 0.1) is 11.6 Å². The monoisotopic (exact) mass is 771 g/mol. The van der Waals surface area contributed by atoms with Gasteiger partial charge in [-0.2, -0.15) is 26.3 Å². The highest BCUT2D eigenvalue weighted by molar-refractivity contribution is 7.99. The van der Waals surface area contributed by atoms with Gasteiger partial charge < -0.3 is 15.2 Å². The Morgan fingerprint density at radius 1 is 1.00 bits per heavy atom. The molecule has 9 nitrogen and oxygen atoms in total. The Bertz CT molecular complexity index is 1920. The molecule has 2 saturated heterocycles. The largest absolute Gasteiger partial charge is 0.509 e. The molecular formula is C35H33F8N5O4S. The van der Waals surface area contributed by atoms with Gasteiger partial charge >= 0.3 is 12.4 Å². The van der Waals surface area contributed by atoms with Gasteiger partial charge in [0.05, 0.1) is 30.9 Å². The van der Waals surface area contributed by atoms with Crippen molar-refractivity contribution in [1.29, 1.82) is 0 Å². The zero-order valence-electron chi connectivity index (χ0n) is 28.1. The molecule has 0 radical (unpaired) electrons. The minimum Gasteiger partial charge on any atom is -0.509 e. The van der Waals surface area contributed by atoms with Crippen molar-refractivity contribution >= 4 is 29.3 Å². The van der Waals surface area contributed by atoms with E-state index in [4.69, 9.17) is 4.74 Å². The van der Waals surface area contributed by atoms with Crippen molar-refractivity contribution in [3.8, 4) is 11.1 Å². The number of carbonyl (C=O) groups is 2. The molecule has 3 aliphatic rings. The lowest BCUT2D eigenvalue weighted by Crippen LogP contribution is -2.60. The first-order valence-corrected chi connectivity index (χ1v) is 17.5. The maximum Gasteiger partial charge on any atom is 0.433 e. The van der Waals surface area contributed by atoms with E-state index in [2.05, 4.69) is 15.2 Å². The van der Waals surface area contributed by atoms with Crippen LogP contribution in [0.3, 0.4) is 0 Å². The van der Waals surface area contributed by atoms with E-state index >= 15 is 8.78 Å². The van der Waals surface area contributed by atoms with Gasteiger partial charge in [-0.1, -0.05) is 12.1 Å². The number of amides is 2. The predicted molar refractivity (Wildman–Crippen MR) is 177 cm³/mol. The fourth-order valence-electron chi connectivity index (χ4n) is 6.60. The Morgan fingerprint density at radius 3 is 2.40 bits per heavy atom. The summed E-state index contributed by atoms with van der Waals surface area (Å²) in [5, 5.41) is 16.2. The maximum atomic E-state index is 15.5. The molecular weight excluding hydrogens is 738 g/mol. The quantitative estimate of drug-likeness (QED) is 0.136. The molecule has 2 aromatic carbocycles. The summed E-state index contributed by atoms with van der Waals surface area (Å²) < 4.78 is 117. The van der Waals surface area contributed by atoms with Gasteiger partial charge in [0.2, 0.25) is 0 Å². The molecule has 3 aliphatic heterocycles. The van der Waals surface area contributed by atoms with Crippen LogP contribution in [-0.2, 0) is 33.2 Å². The van der Waals surface area contributed by atoms with Gasteiger partial charge in [0.25, 0.3) is 11.8 Å². The fourth-order valence-corrected chi connectivity index (χ4v) is 7.55. The summed E-state index contributed by atoms with van der Waals surface area (Å²) in [7, 11) is 0.